The van der Waals surface area contributed by atoms with Crippen molar-refractivity contribution in [3.8, 4) is 0 Å². The Labute approximate surface area is 53.6 Å². The van der Waals surface area contributed by atoms with Crippen molar-refractivity contribution in [2.45, 2.75) is 12.5 Å². The lowest BCUT2D eigenvalue weighted by atomic mass is 10.2. The molecule has 0 aliphatic rings. The molecule has 0 aromatic carbocycles. The second-order valence-electron chi connectivity index (χ2n) is 1.64. The van der Waals surface area contributed by atoms with Gasteiger partial charge >= 0.3 is 5.97 Å². The van der Waals surface area contributed by atoms with Gasteiger partial charge in [-0.1, -0.05) is 0 Å². The molecule has 0 aliphatic heterocycles. The highest BCUT2D eigenvalue weighted by molar-refractivity contribution is 5.75. The van der Waals surface area contributed by atoms with Crippen LogP contribution in [0, 0.1) is 0 Å². The average molecular weight is 133 g/mol. The van der Waals surface area contributed by atoms with Crippen LogP contribution in [0.4, 0.5) is 0 Å². The van der Waals surface area contributed by atoms with Crippen molar-refractivity contribution in [3.63, 3.8) is 0 Å². The molecule has 1 unspecified atom stereocenters. The highest BCUT2D eigenvalue weighted by Crippen LogP contribution is 1.87. The van der Waals surface area contributed by atoms with E-state index in [2.05, 4.69) is 4.74 Å². The van der Waals surface area contributed by atoms with E-state index in [1.165, 1.54) is 7.11 Å². The summed E-state index contributed by atoms with van der Waals surface area (Å²) in [5.41, 5.74) is 5.20. The molecule has 0 amide bonds. The number of esters is 1. The maximum absolute atomic E-state index is 10.4. The molecule has 0 rings (SSSR count). The largest absolute Gasteiger partial charge is 0.468 e. The Morgan fingerprint density at radius 1 is 1.89 bits per heavy atom. The minimum Gasteiger partial charge on any atom is -0.468 e. The van der Waals surface area contributed by atoms with Gasteiger partial charge in [0.2, 0.25) is 0 Å². The number of hydrogen-bond acceptors (Lipinski definition) is 4. The maximum Gasteiger partial charge on any atom is 0.322 e. The van der Waals surface area contributed by atoms with Gasteiger partial charge in [0.05, 0.1) is 7.11 Å². The van der Waals surface area contributed by atoms with Crippen LogP contribution in [0.1, 0.15) is 6.42 Å². The van der Waals surface area contributed by atoms with Crippen molar-refractivity contribution in [2.24, 2.45) is 5.73 Å². The number of carbonyl (C=O) groups excluding carboxylic acids is 1. The van der Waals surface area contributed by atoms with E-state index in [0.717, 1.165) is 0 Å². The average Bonchev–Trinajstić information content (AvgIpc) is 1.87. The quantitative estimate of drug-likeness (QED) is 0.478. The third-order valence-electron chi connectivity index (χ3n) is 0.944. The molecule has 0 aromatic rings. The topological polar surface area (TPSA) is 72.5 Å². The molecule has 0 aromatic heterocycles. The molecule has 0 bridgehead atoms. The number of ether oxygens (including phenoxy) is 1. The summed E-state index contributed by atoms with van der Waals surface area (Å²) in [6.45, 7) is -0.0870. The van der Waals surface area contributed by atoms with Crippen molar-refractivity contribution in [1.29, 1.82) is 0 Å². The van der Waals surface area contributed by atoms with Crippen molar-refractivity contribution in [1.82, 2.24) is 0 Å². The van der Waals surface area contributed by atoms with Crippen LogP contribution in [0.15, 0.2) is 0 Å². The smallest absolute Gasteiger partial charge is 0.322 e. The molecule has 0 saturated carbocycles. The number of methoxy groups -OCH3 is 1. The lowest BCUT2D eigenvalue weighted by Crippen LogP contribution is -2.32. The van der Waals surface area contributed by atoms with Gasteiger partial charge in [-0.3, -0.25) is 4.79 Å². The molecule has 0 radical (unpaired) electrons. The van der Waals surface area contributed by atoms with Crippen LogP contribution >= 0.6 is 0 Å². The number of rotatable bonds is 3. The van der Waals surface area contributed by atoms with E-state index in [0.29, 0.717) is 0 Å². The highest BCUT2D eigenvalue weighted by atomic mass is 16.5. The van der Waals surface area contributed by atoms with E-state index >= 15 is 0 Å². The lowest BCUT2D eigenvalue weighted by Gasteiger charge is -2.04. The van der Waals surface area contributed by atoms with Crippen LogP contribution in [-0.2, 0) is 9.53 Å². The van der Waals surface area contributed by atoms with Gasteiger partial charge in [-0.2, -0.15) is 0 Å². The summed E-state index contributed by atoms with van der Waals surface area (Å²) in [5.74, 6) is -0.482. The van der Waals surface area contributed by atoms with Crippen LogP contribution < -0.4 is 5.73 Å². The molecule has 3 N–H and O–H groups in total. The van der Waals surface area contributed by atoms with Gasteiger partial charge in [0.1, 0.15) is 6.04 Å². The number of hydrogen-bond donors (Lipinski definition) is 2. The summed E-state index contributed by atoms with van der Waals surface area (Å²) in [7, 11) is 1.26. The molecule has 0 aliphatic carbocycles. The van der Waals surface area contributed by atoms with Gasteiger partial charge in [-0.05, 0) is 6.42 Å². The number of aliphatic hydroxyl groups excluding tert-OH is 1. The minimum absolute atomic E-state index is 0.0870. The Morgan fingerprint density at radius 2 is 2.44 bits per heavy atom. The molecule has 0 spiro atoms. The van der Waals surface area contributed by atoms with Gasteiger partial charge in [0.15, 0.2) is 0 Å². The highest BCUT2D eigenvalue weighted by Gasteiger charge is 2.11. The third-order valence-corrected chi connectivity index (χ3v) is 0.944. The van der Waals surface area contributed by atoms with E-state index in [4.69, 9.17) is 10.8 Å². The minimum atomic E-state index is -0.681. The Kier molecular flexibility index (Phi) is 4.00. The van der Waals surface area contributed by atoms with Crippen LogP contribution in [0.2, 0.25) is 0 Å². The summed E-state index contributed by atoms with van der Waals surface area (Å²) < 4.78 is 4.29. The molecule has 0 saturated heterocycles. The fourth-order valence-corrected chi connectivity index (χ4v) is 0.408. The zero-order valence-electron chi connectivity index (χ0n) is 5.33. The zero-order chi connectivity index (χ0) is 7.28. The second-order valence-corrected chi connectivity index (χ2v) is 1.64. The summed E-state index contributed by atoms with van der Waals surface area (Å²) in [6.07, 6.45) is 0.257. The van der Waals surface area contributed by atoms with E-state index in [1.807, 2.05) is 0 Å². The molecule has 0 fully saturated rings. The zero-order valence-corrected chi connectivity index (χ0v) is 5.33. The van der Waals surface area contributed by atoms with Crippen molar-refractivity contribution in [3.05, 3.63) is 0 Å². The standard InChI is InChI=1S/C5H11NO3/c1-9-5(8)4(6)2-3-7/h4,7H,2-3,6H2,1H3. The Morgan fingerprint density at radius 3 is 2.78 bits per heavy atom. The monoisotopic (exact) mass is 133 g/mol. The van der Waals surface area contributed by atoms with E-state index in [9.17, 15) is 4.79 Å². The van der Waals surface area contributed by atoms with Crippen molar-refractivity contribution >= 4 is 5.97 Å². The van der Waals surface area contributed by atoms with Gasteiger partial charge in [0, 0.05) is 6.61 Å². The summed E-state index contributed by atoms with van der Waals surface area (Å²) >= 11 is 0. The fourth-order valence-electron chi connectivity index (χ4n) is 0.408. The first-order chi connectivity index (χ1) is 4.22. The van der Waals surface area contributed by atoms with Crippen LogP contribution in [0.25, 0.3) is 0 Å². The Balaban J connectivity index is 3.45. The third kappa shape index (κ3) is 3.05. The van der Waals surface area contributed by atoms with Gasteiger partial charge < -0.3 is 15.6 Å². The first-order valence-corrected chi connectivity index (χ1v) is 2.66. The number of aliphatic hydroxyl groups is 1. The van der Waals surface area contributed by atoms with E-state index < -0.39 is 12.0 Å². The van der Waals surface area contributed by atoms with Gasteiger partial charge in [-0.15, -0.1) is 0 Å². The Bertz CT molecular complexity index is 94.2. The van der Waals surface area contributed by atoms with Crippen LogP contribution in [0.5, 0.6) is 0 Å². The molecule has 4 nitrogen and oxygen atoms in total. The summed E-state index contributed by atoms with van der Waals surface area (Å²) in [5, 5.41) is 8.29. The molecule has 0 heterocycles. The lowest BCUT2D eigenvalue weighted by molar-refractivity contribution is -0.142. The van der Waals surface area contributed by atoms with Crippen molar-refractivity contribution < 1.29 is 14.6 Å². The normalized spacial score (nSPS) is 12.8. The predicted octanol–water partition coefficient (Wildman–Crippen LogP) is -1.13. The molecule has 54 valence electrons. The SMILES string of the molecule is COC(=O)C(N)CCO. The van der Waals surface area contributed by atoms with E-state index in [-0.39, 0.29) is 13.0 Å². The molecule has 9 heavy (non-hydrogen) atoms. The van der Waals surface area contributed by atoms with Gasteiger partial charge in [0.25, 0.3) is 0 Å². The predicted molar refractivity (Wildman–Crippen MR) is 31.7 cm³/mol. The number of nitrogens with two attached hydrogens (primary N) is 1. The molecular weight excluding hydrogens is 122 g/mol. The molecule has 4 heteroatoms. The Hall–Kier alpha value is -0.610. The van der Waals surface area contributed by atoms with Crippen molar-refractivity contribution in [2.75, 3.05) is 13.7 Å². The summed E-state index contributed by atoms with van der Waals surface area (Å²) in [6, 6.07) is -0.681. The van der Waals surface area contributed by atoms with Crippen LogP contribution in [-0.4, -0.2) is 30.8 Å². The first kappa shape index (κ1) is 8.39. The molecular formula is C5H11NO3. The van der Waals surface area contributed by atoms with E-state index in [1.54, 1.807) is 0 Å². The van der Waals surface area contributed by atoms with Crippen LogP contribution in [0.3, 0.4) is 0 Å². The van der Waals surface area contributed by atoms with Gasteiger partial charge in [-0.25, -0.2) is 0 Å². The summed E-state index contributed by atoms with van der Waals surface area (Å²) in [4.78, 5) is 10.4. The first-order valence-electron chi connectivity index (χ1n) is 2.66. The maximum atomic E-state index is 10.4. The fraction of sp³-hybridized carbons (Fsp3) is 0.800. The number of carbonyl (C=O) groups is 1. The molecule has 1 atom stereocenters. The second kappa shape index (κ2) is 4.29.